The van der Waals surface area contributed by atoms with Crippen LogP contribution in [0.2, 0.25) is 0 Å². The Morgan fingerprint density at radius 3 is 2.76 bits per heavy atom. The Morgan fingerprint density at radius 2 is 2.06 bits per heavy atom. The summed E-state index contributed by atoms with van der Waals surface area (Å²) in [5, 5.41) is 9.87. The summed E-state index contributed by atoms with van der Waals surface area (Å²) in [7, 11) is 0. The molecule has 5 heteroatoms. The summed E-state index contributed by atoms with van der Waals surface area (Å²) in [5.41, 5.74) is 7.17. The molecule has 0 radical (unpaired) electrons. The van der Waals surface area contributed by atoms with Gasteiger partial charge < -0.3 is 10.5 Å². The molecule has 0 aliphatic rings. The molecule has 2 N–H and O–H groups in total. The van der Waals surface area contributed by atoms with Gasteiger partial charge in [-0.3, -0.25) is 0 Å². The summed E-state index contributed by atoms with van der Waals surface area (Å²) in [6.45, 7) is 3.15. The van der Waals surface area contributed by atoms with E-state index in [9.17, 15) is 0 Å². The fourth-order valence-corrected chi connectivity index (χ4v) is 2.25. The fourth-order valence-electron chi connectivity index (χ4n) is 1.44. The van der Waals surface area contributed by atoms with Crippen LogP contribution in [-0.4, -0.2) is 16.8 Å². The van der Waals surface area contributed by atoms with Crippen molar-refractivity contribution in [2.75, 3.05) is 6.61 Å². The van der Waals surface area contributed by atoms with Crippen LogP contribution in [0.5, 0.6) is 0 Å². The van der Waals surface area contributed by atoms with Crippen molar-refractivity contribution in [3.63, 3.8) is 0 Å². The standard InChI is InChI=1S/C12H15N3OS/c1-2-16-8-10-14-15-12(17-10)11(13)9-6-4-3-5-7-9/h3-7,11H,2,8,13H2,1H3. The van der Waals surface area contributed by atoms with E-state index in [-0.39, 0.29) is 6.04 Å². The normalized spacial score (nSPS) is 12.6. The van der Waals surface area contributed by atoms with Crippen LogP contribution in [-0.2, 0) is 11.3 Å². The molecule has 1 unspecified atom stereocenters. The van der Waals surface area contributed by atoms with E-state index in [0.29, 0.717) is 13.2 Å². The molecule has 0 aliphatic heterocycles. The number of nitrogens with zero attached hydrogens (tertiary/aromatic N) is 2. The van der Waals surface area contributed by atoms with Gasteiger partial charge in [-0.05, 0) is 12.5 Å². The Labute approximate surface area is 104 Å². The lowest BCUT2D eigenvalue weighted by molar-refractivity contribution is 0.133. The summed E-state index contributed by atoms with van der Waals surface area (Å²) in [6.07, 6.45) is 0. The van der Waals surface area contributed by atoms with Crippen LogP contribution in [0, 0.1) is 0 Å². The average molecular weight is 249 g/mol. The molecule has 17 heavy (non-hydrogen) atoms. The minimum Gasteiger partial charge on any atom is -0.374 e. The topological polar surface area (TPSA) is 61.0 Å². The lowest BCUT2D eigenvalue weighted by atomic mass is 10.1. The second-order valence-corrected chi connectivity index (χ2v) is 4.65. The maximum absolute atomic E-state index is 6.13. The molecule has 2 rings (SSSR count). The minimum absolute atomic E-state index is 0.205. The molecule has 0 aliphatic carbocycles. The van der Waals surface area contributed by atoms with Crippen LogP contribution in [0.3, 0.4) is 0 Å². The van der Waals surface area contributed by atoms with E-state index in [0.717, 1.165) is 15.6 Å². The van der Waals surface area contributed by atoms with Gasteiger partial charge in [-0.15, -0.1) is 10.2 Å². The quantitative estimate of drug-likeness (QED) is 0.881. The number of hydrogen-bond acceptors (Lipinski definition) is 5. The number of aromatic nitrogens is 2. The zero-order valence-corrected chi connectivity index (χ0v) is 10.5. The van der Waals surface area contributed by atoms with Crippen LogP contribution < -0.4 is 5.73 Å². The van der Waals surface area contributed by atoms with Crippen molar-refractivity contribution >= 4 is 11.3 Å². The molecule has 1 aromatic heterocycles. The number of nitrogens with two attached hydrogens (primary N) is 1. The van der Waals surface area contributed by atoms with Gasteiger partial charge in [0.25, 0.3) is 0 Å². The molecule has 0 saturated heterocycles. The van der Waals surface area contributed by atoms with E-state index in [1.54, 1.807) is 0 Å². The smallest absolute Gasteiger partial charge is 0.143 e. The van der Waals surface area contributed by atoms with Gasteiger partial charge in [0.1, 0.15) is 16.6 Å². The number of hydrogen-bond donors (Lipinski definition) is 1. The highest BCUT2D eigenvalue weighted by Crippen LogP contribution is 2.22. The van der Waals surface area contributed by atoms with Crippen LogP contribution in [0.4, 0.5) is 0 Å². The molecule has 0 bridgehead atoms. The average Bonchev–Trinajstić information content (AvgIpc) is 2.85. The van der Waals surface area contributed by atoms with Gasteiger partial charge >= 0.3 is 0 Å². The van der Waals surface area contributed by atoms with Gasteiger partial charge in [-0.2, -0.15) is 0 Å². The first kappa shape index (κ1) is 12.2. The Hall–Kier alpha value is -1.30. The minimum atomic E-state index is -0.205. The van der Waals surface area contributed by atoms with Crippen LogP contribution >= 0.6 is 11.3 Å². The van der Waals surface area contributed by atoms with Crippen molar-refractivity contribution < 1.29 is 4.74 Å². The Bertz CT molecular complexity index is 458. The molecule has 90 valence electrons. The van der Waals surface area contributed by atoms with E-state index >= 15 is 0 Å². The summed E-state index contributed by atoms with van der Waals surface area (Å²) in [6, 6.07) is 9.69. The summed E-state index contributed by atoms with van der Waals surface area (Å²) in [4.78, 5) is 0. The molecule has 4 nitrogen and oxygen atoms in total. The molecular weight excluding hydrogens is 234 g/mol. The molecular formula is C12H15N3OS. The third-order valence-electron chi connectivity index (χ3n) is 2.34. The van der Waals surface area contributed by atoms with Crippen molar-refractivity contribution in [2.24, 2.45) is 5.73 Å². The summed E-state index contributed by atoms with van der Waals surface area (Å²) >= 11 is 1.50. The van der Waals surface area contributed by atoms with Crippen LogP contribution in [0.1, 0.15) is 28.5 Å². The van der Waals surface area contributed by atoms with Gasteiger partial charge in [0.2, 0.25) is 0 Å². The zero-order valence-electron chi connectivity index (χ0n) is 9.67. The highest BCUT2D eigenvalue weighted by atomic mass is 32.1. The predicted octanol–water partition coefficient (Wildman–Crippen LogP) is 2.12. The first-order chi connectivity index (χ1) is 8.31. The molecule has 2 aromatic rings. The molecule has 0 amide bonds. The van der Waals surface area contributed by atoms with Gasteiger partial charge in [-0.25, -0.2) is 0 Å². The van der Waals surface area contributed by atoms with Gasteiger partial charge in [0.15, 0.2) is 0 Å². The molecule has 1 heterocycles. The maximum atomic E-state index is 6.13. The summed E-state index contributed by atoms with van der Waals surface area (Å²) < 4.78 is 5.29. The van der Waals surface area contributed by atoms with Crippen molar-refractivity contribution in [3.05, 3.63) is 45.9 Å². The predicted molar refractivity (Wildman–Crippen MR) is 67.7 cm³/mol. The summed E-state index contributed by atoms with van der Waals surface area (Å²) in [5.74, 6) is 0. The lowest BCUT2D eigenvalue weighted by Crippen LogP contribution is -2.11. The zero-order chi connectivity index (χ0) is 12.1. The van der Waals surface area contributed by atoms with Crippen molar-refractivity contribution in [1.82, 2.24) is 10.2 Å². The fraction of sp³-hybridized carbons (Fsp3) is 0.333. The monoisotopic (exact) mass is 249 g/mol. The number of benzene rings is 1. The van der Waals surface area contributed by atoms with E-state index in [4.69, 9.17) is 10.5 Å². The Morgan fingerprint density at radius 1 is 1.29 bits per heavy atom. The Kier molecular flexibility index (Phi) is 4.19. The van der Waals surface area contributed by atoms with Gasteiger partial charge in [0.05, 0.1) is 6.04 Å². The first-order valence-electron chi connectivity index (χ1n) is 5.51. The van der Waals surface area contributed by atoms with Crippen molar-refractivity contribution in [2.45, 2.75) is 19.6 Å². The van der Waals surface area contributed by atoms with Crippen LogP contribution in [0.25, 0.3) is 0 Å². The lowest BCUT2D eigenvalue weighted by Gasteiger charge is -2.06. The second kappa shape index (κ2) is 5.86. The SMILES string of the molecule is CCOCc1nnc(C(N)c2ccccc2)s1. The van der Waals surface area contributed by atoms with Crippen molar-refractivity contribution in [1.29, 1.82) is 0 Å². The third-order valence-corrected chi connectivity index (χ3v) is 3.32. The van der Waals surface area contributed by atoms with E-state index in [1.165, 1.54) is 11.3 Å². The molecule has 0 spiro atoms. The maximum Gasteiger partial charge on any atom is 0.143 e. The number of rotatable bonds is 5. The second-order valence-electron chi connectivity index (χ2n) is 3.56. The van der Waals surface area contributed by atoms with Gasteiger partial charge in [-0.1, -0.05) is 41.7 Å². The van der Waals surface area contributed by atoms with E-state index < -0.39 is 0 Å². The van der Waals surface area contributed by atoms with E-state index in [1.807, 2.05) is 37.3 Å². The first-order valence-corrected chi connectivity index (χ1v) is 6.33. The van der Waals surface area contributed by atoms with Gasteiger partial charge in [0, 0.05) is 6.61 Å². The van der Waals surface area contributed by atoms with Crippen molar-refractivity contribution in [3.8, 4) is 0 Å². The third kappa shape index (κ3) is 3.09. The largest absolute Gasteiger partial charge is 0.374 e. The molecule has 0 fully saturated rings. The Balaban J connectivity index is 2.09. The highest BCUT2D eigenvalue weighted by Gasteiger charge is 2.14. The number of ether oxygens (including phenoxy) is 1. The molecule has 1 aromatic carbocycles. The van der Waals surface area contributed by atoms with Crippen LogP contribution in [0.15, 0.2) is 30.3 Å². The highest BCUT2D eigenvalue weighted by molar-refractivity contribution is 7.11. The van der Waals surface area contributed by atoms with E-state index in [2.05, 4.69) is 10.2 Å². The molecule has 1 atom stereocenters. The molecule has 0 saturated carbocycles.